The van der Waals surface area contributed by atoms with Gasteiger partial charge in [-0.2, -0.15) is 0 Å². The Morgan fingerprint density at radius 1 is 1.13 bits per heavy atom. The van der Waals surface area contributed by atoms with Crippen LogP contribution in [0.3, 0.4) is 0 Å². The molecule has 3 nitrogen and oxygen atoms in total. The average Bonchev–Trinajstić information content (AvgIpc) is 2.97. The summed E-state index contributed by atoms with van der Waals surface area (Å²) in [5, 5.41) is 4.20. The normalized spacial score (nSPS) is 12.3. The maximum Gasteiger partial charge on any atom is 0.130 e. The molecule has 1 heterocycles. The van der Waals surface area contributed by atoms with Crippen LogP contribution in [0, 0.1) is 5.82 Å². The van der Waals surface area contributed by atoms with Crippen LogP contribution in [-0.2, 0) is 13.6 Å². The molecule has 118 valence electrons. The highest BCUT2D eigenvalue weighted by Gasteiger charge is 2.17. The second kappa shape index (κ2) is 6.94. The zero-order chi connectivity index (χ0) is 16.2. The van der Waals surface area contributed by atoms with E-state index >= 15 is 0 Å². The number of aryl methyl sites for hydroxylation is 1. The summed E-state index contributed by atoms with van der Waals surface area (Å²) in [6.07, 6.45) is 3.66. The molecule has 0 aliphatic rings. The van der Waals surface area contributed by atoms with Crippen LogP contribution in [0.15, 0.2) is 60.9 Å². The molecule has 1 aromatic heterocycles. The van der Waals surface area contributed by atoms with Crippen LogP contribution in [-0.4, -0.2) is 9.55 Å². The third kappa shape index (κ3) is 3.78. The Labute approximate surface area is 139 Å². The Kier molecular flexibility index (Phi) is 4.74. The lowest BCUT2D eigenvalue weighted by atomic mass is 10.1. The Balaban J connectivity index is 1.85. The highest BCUT2D eigenvalue weighted by atomic mass is 35.5. The van der Waals surface area contributed by atoms with Gasteiger partial charge in [-0.05, 0) is 35.4 Å². The number of rotatable bonds is 5. The largest absolute Gasteiger partial charge is 0.336 e. The molecule has 0 fully saturated rings. The van der Waals surface area contributed by atoms with Crippen LogP contribution in [0.5, 0.6) is 0 Å². The number of imidazole rings is 1. The number of nitrogens with zero attached hydrogens (tertiary/aromatic N) is 2. The molecule has 1 atom stereocenters. The fourth-order valence-electron chi connectivity index (χ4n) is 2.49. The van der Waals surface area contributed by atoms with Crippen molar-refractivity contribution in [2.24, 2.45) is 7.05 Å². The van der Waals surface area contributed by atoms with Crippen molar-refractivity contribution < 1.29 is 4.39 Å². The van der Waals surface area contributed by atoms with Crippen LogP contribution in [0.2, 0.25) is 5.02 Å². The summed E-state index contributed by atoms with van der Waals surface area (Å²) < 4.78 is 15.2. The summed E-state index contributed by atoms with van der Waals surface area (Å²) in [7, 11) is 1.95. The van der Waals surface area contributed by atoms with E-state index in [0.29, 0.717) is 11.6 Å². The lowest BCUT2D eigenvalue weighted by Gasteiger charge is -2.19. The van der Waals surface area contributed by atoms with Gasteiger partial charge in [0, 0.05) is 31.0 Å². The first kappa shape index (κ1) is 15.7. The zero-order valence-electron chi connectivity index (χ0n) is 12.7. The molecular formula is C18H17ClFN3. The molecule has 3 rings (SSSR count). The molecule has 0 radical (unpaired) electrons. The molecule has 23 heavy (non-hydrogen) atoms. The molecular weight excluding hydrogens is 313 g/mol. The van der Waals surface area contributed by atoms with E-state index in [1.54, 1.807) is 18.3 Å². The summed E-state index contributed by atoms with van der Waals surface area (Å²) in [6.45, 7) is 0.659. The van der Waals surface area contributed by atoms with E-state index in [4.69, 9.17) is 11.6 Å². The topological polar surface area (TPSA) is 29.9 Å². The second-order valence-electron chi connectivity index (χ2n) is 5.39. The van der Waals surface area contributed by atoms with Gasteiger partial charge in [0.2, 0.25) is 0 Å². The number of benzene rings is 2. The Hall–Kier alpha value is -2.17. The fourth-order valence-corrected chi connectivity index (χ4v) is 2.62. The lowest BCUT2D eigenvalue weighted by Crippen LogP contribution is -2.24. The predicted molar refractivity (Wildman–Crippen MR) is 89.7 cm³/mol. The molecule has 0 aliphatic carbocycles. The maximum atomic E-state index is 13.2. The van der Waals surface area contributed by atoms with Gasteiger partial charge in [-0.3, -0.25) is 5.32 Å². The Morgan fingerprint density at radius 2 is 1.83 bits per heavy atom. The van der Waals surface area contributed by atoms with E-state index < -0.39 is 0 Å². The van der Waals surface area contributed by atoms with Gasteiger partial charge >= 0.3 is 0 Å². The van der Waals surface area contributed by atoms with Gasteiger partial charge in [0.15, 0.2) is 0 Å². The van der Waals surface area contributed by atoms with E-state index in [1.807, 2.05) is 42.1 Å². The number of hydrogen-bond donors (Lipinski definition) is 1. The minimum absolute atomic E-state index is 0.119. The second-order valence-corrected chi connectivity index (χ2v) is 5.82. The Morgan fingerprint density at radius 3 is 2.43 bits per heavy atom. The minimum Gasteiger partial charge on any atom is -0.336 e. The standard InChI is InChI=1S/C18H17ClFN3/c1-23-11-10-21-18(23)17(14-4-8-16(20)9-5-14)22-12-13-2-6-15(19)7-3-13/h2-11,17,22H,12H2,1H3/t17-/m0/s1. The predicted octanol–water partition coefficient (Wildman–Crippen LogP) is 4.09. The van der Waals surface area contributed by atoms with Gasteiger partial charge in [0.05, 0.1) is 6.04 Å². The summed E-state index contributed by atoms with van der Waals surface area (Å²) >= 11 is 5.92. The van der Waals surface area contributed by atoms with Gasteiger partial charge in [-0.15, -0.1) is 0 Å². The SMILES string of the molecule is Cn1ccnc1[C@@H](NCc1ccc(Cl)cc1)c1ccc(F)cc1. The van der Waals surface area contributed by atoms with Crippen molar-refractivity contribution in [2.45, 2.75) is 12.6 Å². The van der Waals surface area contributed by atoms with Gasteiger partial charge < -0.3 is 4.57 Å². The van der Waals surface area contributed by atoms with Crippen LogP contribution >= 0.6 is 11.6 Å². The smallest absolute Gasteiger partial charge is 0.130 e. The third-order valence-electron chi connectivity index (χ3n) is 3.74. The molecule has 0 aliphatic heterocycles. The van der Waals surface area contributed by atoms with Crippen molar-refractivity contribution in [1.82, 2.24) is 14.9 Å². The van der Waals surface area contributed by atoms with Gasteiger partial charge in [-0.25, -0.2) is 9.37 Å². The number of nitrogens with one attached hydrogen (secondary N) is 1. The number of aromatic nitrogens is 2. The van der Waals surface area contributed by atoms with E-state index in [9.17, 15) is 4.39 Å². The lowest BCUT2D eigenvalue weighted by molar-refractivity contribution is 0.555. The average molecular weight is 330 g/mol. The van der Waals surface area contributed by atoms with Crippen molar-refractivity contribution >= 4 is 11.6 Å². The van der Waals surface area contributed by atoms with Crippen molar-refractivity contribution in [3.05, 3.63) is 88.7 Å². The quantitative estimate of drug-likeness (QED) is 0.764. The first-order valence-corrected chi connectivity index (χ1v) is 7.72. The molecule has 3 aromatic rings. The fraction of sp³-hybridized carbons (Fsp3) is 0.167. The molecule has 0 spiro atoms. The molecule has 0 saturated heterocycles. The summed E-state index contributed by atoms with van der Waals surface area (Å²) in [5.74, 6) is 0.635. The third-order valence-corrected chi connectivity index (χ3v) is 4.00. The minimum atomic E-state index is -0.245. The monoisotopic (exact) mass is 329 g/mol. The zero-order valence-corrected chi connectivity index (χ0v) is 13.5. The van der Waals surface area contributed by atoms with Gasteiger partial charge in [0.1, 0.15) is 11.6 Å². The van der Waals surface area contributed by atoms with Gasteiger partial charge in [0.25, 0.3) is 0 Å². The summed E-state index contributed by atoms with van der Waals surface area (Å²) in [5.41, 5.74) is 2.09. The summed E-state index contributed by atoms with van der Waals surface area (Å²) in [6, 6.07) is 14.1. The molecule has 0 amide bonds. The van der Waals surface area contributed by atoms with Crippen LogP contribution < -0.4 is 5.32 Å². The highest BCUT2D eigenvalue weighted by Crippen LogP contribution is 2.21. The molecule has 2 aromatic carbocycles. The highest BCUT2D eigenvalue weighted by molar-refractivity contribution is 6.30. The first-order valence-electron chi connectivity index (χ1n) is 7.34. The molecule has 0 unspecified atom stereocenters. The van der Waals surface area contributed by atoms with Crippen molar-refractivity contribution in [3.63, 3.8) is 0 Å². The van der Waals surface area contributed by atoms with Crippen molar-refractivity contribution in [2.75, 3.05) is 0 Å². The van der Waals surface area contributed by atoms with E-state index in [2.05, 4.69) is 10.3 Å². The van der Waals surface area contributed by atoms with Gasteiger partial charge in [-0.1, -0.05) is 35.9 Å². The van der Waals surface area contributed by atoms with Crippen LogP contribution in [0.25, 0.3) is 0 Å². The van der Waals surface area contributed by atoms with E-state index in [1.165, 1.54) is 12.1 Å². The van der Waals surface area contributed by atoms with Crippen molar-refractivity contribution in [1.29, 1.82) is 0 Å². The first-order chi connectivity index (χ1) is 11.1. The van der Waals surface area contributed by atoms with Crippen molar-refractivity contribution in [3.8, 4) is 0 Å². The molecule has 0 bridgehead atoms. The van der Waals surface area contributed by atoms with E-state index in [-0.39, 0.29) is 11.9 Å². The number of hydrogen-bond acceptors (Lipinski definition) is 2. The maximum absolute atomic E-state index is 13.2. The van der Waals surface area contributed by atoms with Crippen LogP contribution in [0.1, 0.15) is 23.0 Å². The molecule has 5 heteroatoms. The van der Waals surface area contributed by atoms with Crippen LogP contribution in [0.4, 0.5) is 4.39 Å². The Bertz CT molecular complexity index is 766. The number of halogens is 2. The molecule has 1 N–H and O–H groups in total. The summed E-state index contributed by atoms with van der Waals surface area (Å²) in [4.78, 5) is 4.43. The molecule has 0 saturated carbocycles. The van der Waals surface area contributed by atoms with E-state index in [0.717, 1.165) is 17.0 Å².